The lowest BCUT2D eigenvalue weighted by Gasteiger charge is -2.34. The second-order valence-electron chi connectivity index (χ2n) is 7.06. The van der Waals surface area contributed by atoms with Crippen LogP contribution >= 0.6 is 0 Å². The van der Waals surface area contributed by atoms with Crippen LogP contribution in [0.25, 0.3) is 0 Å². The zero-order valence-corrected chi connectivity index (χ0v) is 14.2. The number of carbonyl (C=O) groups is 2. The van der Waals surface area contributed by atoms with Gasteiger partial charge in [-0.1, -0.05) is 19.1 Å². The number of likely N-dealkylation sites (tertiary alicyclic amines) is 2. The third kappa shape index (κ3) is 3.77. The molecule has 1 aromatic carbocycles. The molecule has 2 aliphatic rings. The van der Waals surface area contributed by atoms with Crippen molar-refractivity contribution in [2.75, 3.05) is 19.6 Å². The van der Waals surface area contributed by atoms with Crippen LogP contribution in [0, 0.1) is 11.7 Å². The molecule has 2 saturated heterocycles. The van der Waals surface area contributed by atoms with Crippen molar-refractivity contribution in [3.63, 3.8) is 0 Å². The number of rotatable bonds is 3. The monoisotopic (exact) mass is 332 g/mol. The quantitative estimate of drug-likeness (QED) is 0.854. The fourth-order valence-corrected chi connectivity index (χ4v) is 3.64. The minimum Gasteiger partial charge on any atom is -0.341 e. The van der Waals surface area contributed by atoms with E-state index in [9.17, 15) is 14.0 Å². The summed E-state index contributed by atoms with van der Waals surface area (Å²) in [4.78, 5) is 29.1. The molecule has 0 saturated carbocycles. The third-order valence-corrected chi connectivity index (χ3v) is 5.22. The van der Waals surface area contributed by atoms with Crippen molar-refractivity contribution >= 4 is 11.8 Å². The molecular weight excluding hydrogens is 307 g/mol. The Morgan fingerprint density at radius 1 is 1.08 bits per heavy atom. The van der Waals surface area contributed by atoms with Gasteiger partial charge in [0.25, 0.3) is 0 Å². The van der Waals surface area contributed by atoms with E-state index in [2.05, 4.69) is 6.92 Å². The summed E-state index contributed by atoms with van der Waals surface area (Å²) in [6.45, 7) is 4.46. The van der Waals surface area contributed by atoms with Crippen molar-refractivity contribution in [1.82, 2.24) is 9.80 Å². The highest BCUT2D eigenvalue weighted by molar-refractivity contribution is 5.89. The lowest BCUT2D eigenvalue weighted by molar-refractivity contribution is -0.144. The maximum absolute atomic E-state index is 13.0. The van der Waals surface area contributed by atoms with Crippen LogP contribution in [0.4, 0.5) is 4.39 Å². The van der Waals surface area contributed by atoms with Crippen molar-refractivity contribution in [3.05, 3.63) is 35.6 Å². The van der Waals surface area contributed by atoms with Crippen molar-refractivity contribution in [2.45, 2.75) is 45.1 Å². The highest BCUT2D eigenvalue weighted by Gasteiger charge is 2.37. The van der Waals surface area contributed by atoms with E-state index in [1.807, 2.05) is 4.90 Å². The fourth-order valence-electron chi connectivity index (χ4n) is 3.64. The summed E-state index contributed by atoms with van der Waals surface area (Å²) in [5, 5.41) is 0. The third-order valence-electron chi connectivity index (χ3n) is 5.22. The molecule has 0 N–H and O–H groups in total. The van der Waals surface area contributed by atoms with Crippen LogP contribution in [0.3, 0.4) is 0 Å². The van der Waals surface area contributed by atoms with Crippen LogP contribution < -0.4 is 0 Å². The van der Waals surface area contributed by atoms with E-state index in [0.29, 0.717) is 12.5 Å². The van der Waals surface area contributed by atoms with E-state index in [0.717, 1.165) is 44.3 Å². The molecule has 2 amide bonds. The van der Waals surface area contributed by atoms with Crippen molar-refractivity contribution in [2.24, 2.45) is 5.92 Å². The predicted octanol–water partition coefficient (Wildman–Crippen LogP) is 2.62. The lowest BCUT2D eigenvalue weighted by atomic mass is 9.98. The molecule has 0 aromatic heterocycles. The first-order valence-corrected chi connectivity index (χ1v) is 8.87. The summed E-state index contributed by atoms with van der Waals surface area (Å²) >= 11 is 0. The standard InChI is InChI=1S/C19H25FN2O2/c1-14-8-11-21(12-9-14)19(24)17-3-2-10-22(17)18(23)13-15-4-6-16(20)7-5-15/h4-7,14,17H,2-3,8-13H2,1H3/t17-/m0/s1. The molecule has 0 aliphatic carbocycles. The fraction of sp³-hybridized carbons (Fsp3) is 0.579. The molecule has 130 valence electrons. The maximum Gasteiger partial charge on any atom is 0.245 e. The Morgan fingerprint density at radius 2 is 1.75 bits per heavy atom. The smallest absolute Gasteiger partial charge is 0.245 e. The van der Waals surface area contributed by atoms with E-state index >= 15 is 0 Å². The van der Waals surface area contributed by atoms with E-state index in [4.69, 9.17) is 0 Å². The molecule has 1 atom stereocenters. The van der Waals surface area contributed by atoms with Gasteiger partial charge in [-0.15, -0.1) is 0 Å². The summed E-state index contributed by atoms with van der Waals surface area (Å²) < 4.78 is 13.0. The largest absolute Gasteiger partial charge is 0.341 e. The molecule has 0 spiro atoms. The molecule has 24 heavy (non-hydrogen) atoms. The molecule has 2 fully saturated rings. The van der Waals surface area contributed by atoms with Crippen molar-refractivity contribution in [1.29, 1.82) is 0 Å². The molecule has 0 radical (unpaired) electrons. The number of hydrogen-bond donors (Lipinski definition) is 0. The number of amides is 2. The Balaban J connectivity index is 1.62. The SMILES string of the molecule is CC1CCN(C(=O)[C@@H]2CCCN2C(=O)Cc2ccc(F)cc2)CC1. The van der Waals surface area contributed by atoms with Gasteiger partial charge in [0.1, 0.15) is 11.9 Å². The summed E-state index contributed by atoms with van der Waals surface area (Å²) in [6, 6.07) is 5.68. The molecule has 5 heteroatoms. The average molecular weight is 332 g/mol. The van der Waals surface area contributed by atoms with E-state index in [1.165, 1.54) is 12.1 Å². The van der Waals surface area contributed by atoms with Gasteiger partial charge >= 0.3 is 0 Å². The molecule has 0 unspecified atom stereocenters. The Hall–Kier alpha value is -1.91. The van der Waals surface area contributed by atoms with Crippen LogP contribution in [-0.4, -0.2) is 47.3 Å². The highest BCUT2D eigenvalue weighted by Crippen LogP contribution is 2.24. The van der Waals surface area contributed by atoms with Gasteiger partial charge in [-0.3, -0.25) is 9.59 Å². The van der Waals surface area contributed by atoms with Gasteiger partial charge < -0.3 is 9.80 Å². The number of carbonyl (C=O) groups excluding carboxylic acids is 2. The van der Waals surface area contributed by atoms with Crippen LogP contribution in [0.15, 0.2) is 24.3 Å². The van der Waals surface area contributed by atoms with Gasteiger partial charge in [0.15, 0.2) is 0 Å². The van der Waals surface area contributed by atoms with Gasteiger partial charge in [0.2, 0.25) is 11.8 Å². The summed E-state index contributed by atoms with van der Waals surface area (Å²) in [7, 11) is 0. The molecule has 4 nitrogen and oxygen atoms in total. The minimum absolute atomic E-state index is 0.0390. The molecular formula is C19H25FN2O2. The van der Waals surface area contributed by atoms with E-state index in [1.54, 1.807) is 17.0 Å². The topological polar surface area (TPSA) is 40.6 Å². The Bertz CT molecular complexity index is 594. The maximum atomic E-state index is 13.0. The van der Waals surface area contributed by atoms with Crippen LogP contribution in [0.2, 0.25) is 0 Å². The average Bonchev–Trinajstić information content (AvgIpc) is 3.07. The zero-order chi connectivity index (χ0) is 17.1. The molecule has 0 bridgehead atoms. The van der Waals surface area contributed by atoms with Gasteiger partial charge in [0.05, 0.1) is 6.42 Å². The van der Waals surface area contributed by atoms with E-state index < -0.39 is 0 Å². The van der Waals surface area contributed by atoms with Gasteiger partial charge in [-0.05, 0) is 49.3 Å². The first-order valence-electron chi connectivity index (χ1n) is 8.87. The second kappa shape index (κ2) is 7.32. The Labute approximate surface area is 142 Å². The van der Waals surface area contributed by atoms with Crippen LogP contribution in [0.1, 0.15) is 38.2 Å². The van der Waals surface area contributed by atoms with Gasteiger partial charge in [-0.25, -0.2) is 4.39 Å². The number of piperidine rings is 1. The number of halogens is 1. The molecule has 2 aliphatic heterocycles. The molecule has 2 heterocycles. The summed E-state index contributed by atoms with van der Waals surface area (Å²) in [6.07, 6.45) is 3.93. The highest BCUT2D eigenvalue weighted by atomic mass is 19.1. The van der Waals surface area contributed by atoms with E-state index in [-0.39, 0.29) is 30.1 Å². The predicted molar refractivity (Wildman–Crippen MR) is 89.8 cm³/mol. The number of nitrogens with zero attached hydrogens (tertiary/aromatic N) is 2. The first kappa shape index (κ1) is 16.9. The molecule has 1 aromatic rings. The minimum atomic E-state index is -0.314. The van der Waals surface area contributed by atoms with Gasteiger partial charge in [0, 0.05) is 19.6 Å². The van der Waals surface area contributed by atoms with Crippen molar-refractivity contribution < 1.29 is 14.0 Å². The summed E-state index contributed by atoms with van der Waals surface area (Å²) in [5.41, 5.74) is 0.784. The molecule has 3 rings (SSSR count). The first-order chi connectivity index (χ1) is 11.5. The lowest BCUT2D eigenvalue weighted by Crippen LogP contribution is -2.50. The number of hydrogen-bond acceptors (Lipinski definition) is 2. The zero-order valence-electron chi connectivity index (χ0n) is 14.2. The van der Waals surface area contributed by atoms with Crippen LogP contribution in [0.5, 0.6) is 0 Å². The van der Waals surface area contributed by atoms with Gasteiger partial charge in [-0.2, -0.15) is 0 Å². The van der Waals surface area contributed by atoms with Crippen LogP contribution in [-0.2, 0) is 16.0 Å². The Kier molecular flexibility index (Phi) is 5.17. The van der Waals surface area contributed by atoms with Crippen molar-refractivity contribution in [3.8, 4) is 0 Å². The summed E-state index contributed by atoms with van der Waals surface area (Å²) in [5.74, 6) is 0.434. The Morgan fingerprint density at radius 3 is 2.42 bits per heavy atom. The normalized spacial score (nSPS) is 22.0. The second-order valence-corrected chi connectivity index (χ2v) is 7.06. The number of benzene rings is 1.